The van der Waals surface area contributed by atoms with Crippen LogP contribution in [-0.2, 0) is 0 Å². The minimum atomic E-state index is 0.513. The maximum absolute atomic E-state index is 5.49. The molecule has 0 aliphatic heterocycles. The second kappa shape index (κ2) is 1.95. The third-order valence-corrected chi connectivity index (χ3v) is 1.60. The Hall–Kier alpha value is -1.58. The number of nitrogens with two attached hydrogens (primary N) is 1. The van der Waals surface area contributed by atoms with Gasteiger partial charge in [-0.25, -0.2) is 9.97 Å². The number of aromatic nitrogens is 3. The molecular weight excluding hydrogens is 140 g/mol. The molecule has 0 aromatic carbocycles. The van der Waals surface area contributed by atoms with E-state index in [1.54, 1.807) is 18.6 Å². The molecule has 4 nitrogen and oxygen atoms in total. The summed E-state index contributed by atoms with van der Waals surface area (Å²) in [4.78, 5) is 8.02. The Morgan fingerprint density at radius 2 is 2.18 bits per heavy atom. The zero-order valence-electron chi connectivity index (χ0n) is 6.15. The van der Waals surface area contributed by atoms with Gasteiger partial charge in [0.1, 0.15) is 5.82 Å². The minimum absolute atomic E-state index is 0.513. The van der Waals surface area contributed by atoms with Crippen LogP contribution in [0.5, 0.6) is 0 Å². The zero-order chi connectivity index (χ0) is 7.84. The second-order valence-electron chi connectivity index (χ2n) is 2.44. The van der Waals surface area contributed by atoms with Crippen LogP contribution in [0.15, 0.2) is 18.6 Å². The van der Waals surface area contributed by atoms with Crippen LogP contribution < -0.4 is 5.73 Å². The SMILES string of the molecule is Cc1cnc2cnc(N)cn12. The fourth-order valence-corrected chi connectivity index (χ4v) is 1.03. The first-order valence-electron chi connectivity index (χ1n) is 3.32. The van der Waals surface area contributed by atoms with E-state index in [0.717, 1.165) is 11.3 Å². The van der Waals surface area contributed by atoms with Crippen molar-refractivity contribution in [3.8, 4) is 0 Å². The molecule has 2 aromatic heterocycles. The zero-order valence-corrected chi connectivity index (χ0v) is 6.15. The molecule has 0 aliphatic carbocycles. The van der Waals surface area contributed by atoms with Crippen molar-refractivity contribution >= 4 is 11.5 Å². The van der Waals surface area contributed by atoms with Gasteiger partial charge in [0.15, 0.2) is 5.65 Å². The van der Waals surface area contributed by atoms with E-state index in [-0.39, 0.29) is 0 Å². The summed E-state index contributed by atoms with van der Waals surface area (Å²) in [6, 6.07) is 0. The van der Waals surface area contributed by atoms with E-state index in [4.69, 9.17) is 5.73 Å². The monoisotopic (exact) mass is 148 g/mol. The highest BCUT2D eigenvalue weighted by Gasteiger charge is 1.97. The molecule has 2 rings (SSSR count). The molecular formula is C7H8N4. The third kappa shape index (κ3) is 0.832. The fraction of sp³-hybridized carbons (Fsp3) is 0.143. The lowest BCUT2D eigenvalue weighted by molar-refractivity contribution is 1.08. The lowest BCUT2D eigenvalue weighted by Gasteiger charge is -1.95. The van der Waals surface area contributed by atoms with Gasteiger partial charge < -0.3 is 5.73 Å². The number of hydrogen-bond acceptors (Lipinski definition) is 3. The molecule has 2 heterocycles. The molecule has 4 heteroatoms. The van der Waals surface area contributed by atoms with E-state index in [9.17, 15) is 0 Å². The van der Waals surface area contributed by atoms with E-state index in [2.05, 4.69) is 9.97 Å². The highest BCUT2D eigenvalue weighted by Crippen LogP contribution is 2.05. The molecule has 0 saturated carbocycles. The summed E-state index contributed by atoms with van der Waals surface area (Å²) in [5.41, 5.74) is 7.39. The molecule has 2 aromatic rings. The van der Waals surface area contributed by atoms with Crippen LogP contribution in [0.2, 0.25) is 0 Å². The Morgan fingerprint density at radius 1 is 1.36 bits per heavy atom. The Morgan fingerprint density at radius 3 is 3.00 bits per heavy atom. The van der Waals surface area contributed by atoms with Gasteiger partial charge in [-0.15, -0.1) is 0 Å². The van der Waals surface area contributed by atoms with Gasteiger partial charge >= 0.3 is 0 Å². The number of anilines is 1. The van der Waals surface area contributed by atoms with Crippen LogP contribution in [0.3, 0.4) is 0 Å². The van der Waals surface area contributed by atoms with Crippen molar-refractivity contribution in [2.75, 3.05) is 5.73 Å². The number of hydrogen-bond donors (Lipinski definition) is 1. The first kappa shape index (κ1) is 6.15. The average Bonchev–Trinajstić information content (AvgIpc) is 2.33. The lowest BCUT2D eigenvalue weighted by atomic mass is 10.5. The number of rotatable bonds is 0. The van der Waals surface area contributed by atoms with Crippen LogP contribution in [0.4, 0.5) is 5.82 Å². The summed E-state index contributed by atoms with van der Waals surface area (Å²) >= 11 is 0. The quantitative estimate of drug-likeness (QED) is 0.595. The van der Waals surface area contributed by atoms with Crippen molar-refractivity contribution in [2.24, 2.45) is 0 Å². The van der Waals surface area contributed by atoms with Gasteiger partial charge in [-0.2, -0.15) is 0 Å². The van der Waals surface area contributed by atoms with Gasteiger partial charge in [-0.3, -0.25) is 4.40 Å². The predicted molar refractivity (Wildman–Crippen MR) is 42.1 cm³/mol. The van der Waals surface area contributed by atoms with Crippen molar-refractivity contribution in [1.82, 2.24) is 14.4 Å². The van der Waals surface area contributed by atoms with Crippen LogP contribution in [0, 0.1) is 6.92 Å². The Labute approximate surface area is 63.7 Å². The molecule has 0 atom stereocenters. The van der Waals surface area contributed by atoms with Gasteiger partial charge in [0.25, 0.3) is 0 Å². The molecule has 0 unspecified atom stereocenters. The first-order chi connectivity index (χ1) is 5.27. The minimum Gasteiger partial charge on any atom is -0.382 e. The van der Waals surface area contributed by atoms with Gasteiger partial charge in [0, 0.05) is 11.9 Å². The van der Waals surface area contributed by atoms with E-state index in [0.29, 0.717) is 5.82 Å². The molecule has 0 amide bonds. The van der Waals surface area contributed by atoms with E-state index in [1.165, 1.54) is 0 Å². The molecule has 56 valence electrons. The normalized spacial score (nSPS) is 10.6. The van der Waals surface area contributed by atoms with Gasteiger partial charge in [0.2, 0.25) is 0 Å². The summed E-state index contributed by atoms with van der Waals surface area (Å²) < 4.78 is 1.91. The van der Waals surface area contributed by atoms with Crippen molar-refractivity contribution in [2.45, 2.75) is 6.92 Å². The molecule has 0 radical (unpaired) electrons. The summed E-state index contributed by atoms with van der Waals surface area (Å²) in [6.07, 6.45) is 5.20. The van der Waals surface area contributed by atoms with Crippen LogP contribution in [-0.4, -0.2) is 14.4 Å². The van der Waals surface area contributed by atoms with Crippen LogP contribution in [0.1, 0.15) is 5.69 Å². The number of aryl methyl sites for hydroxylation is 1. The smallest absolute Gasteiger partial charge is 0.155 e. The molecule has 11 heavy (non-hydrogen) atoms. The molecule has 0 spiro atoms. The summed E-state index contributed by atoms with van der Waals surface area (Å²) in [5.74, 6) is 0.513. The van der Waals surface area contributed by atoms with Gasteiger partial charge in [-0.05, 0) is 6.92 Å². The van der Waals surface area contributed by atoms with Gasteiger partial charge in [0.05, 0.1) is 12.4 Å². The standard InChI is InChI=1S/C7H8N4/c1-5-2-10-7-3-9-6(8)4-11(5)7/h2-4H,8H2,1H3. The highest BCUT2D eigenvalue weighted by molar-refractivity contribution is 5.41. The maximum Gasteiger partial charge on any atom is 0.155 e. The van der Waals surface area contributed by atoms with Crippen LogP contribution >= 0.6 is 0 Å². The Balaban J connectivity index is 2.87. The molecule has 0 aliphatic rings. The van der Waals surface area contributed by atoms with E-state index >= 15 is 0 Å². The average molecular weight is 148 g/mol. The summed E-state index contributed by atoms with van der Waals surface area (Å²) in [7, 11) is 0. The fourth-order valence-electron chi connectivity index (χ4n) is 1.03. The summed E-state index contributed by atoms with van der Waals surface area (Å²) in [6.45, 7) is 1.97. The summed E-state index contributed by atoms with van der Waals surface area (Å²) in [5, 5.41) is 0. The molecule has 0 bridgehead atoms. The molecule has 2 N–H and O–H groups in total. The van der Waals surface area contributed by atoms with Crippen LogP contribution in [0.25, 0.3) is 5.65 Å². The Kier molecular flexibility index (Phi) is 1.09. The largest absolute Gasteiger partial charge is 0.382 e. The topological polar surface area (TPSA) is 56.2 Å². The maximum atomic E-state index is 5.49. The number of fused-ring (bicyclic) bond motifs is 1. The van der Waals surface area contributed by atoms with Gasteiger partial charge in [-0.1, -0.05) is 0 Å². The first-order valence-corrected chi connectivity index (χ1v) is 3.32. The number of nitrogen functional groups attached to an aromatic ring is 1. The highest BCUT2D eigenvalue weighted by atomic mass is 15.0. The number of nitrogens with zero attached hydrogens (tertiary/aromatic N) is 3. The van der Waals surface area contributed by atoms with Crippen molar-refractivity contribution in [3.05, 3.63) is 24.3 Å². The molecule has 0 saturated heterocycles. The van der Waals surface area contributed by atoms with E-state index in [1.807, 2.05) is 11.3 Å². The Bertz CT molecular complexity index is 390. The molecule has 0 fully saturated rings. The van der Waals surface area contributed by atoms with Crippen molar-refractivity contribution in [3.63, 3.8) is 0 Å². The lowest BCUT2D eigenvalue weighted by Crippen LogP contribution is -1.94. The second-order valence-corrected chi connectivity index (χ2v) is 2.44. The predicted octanol–water partition coefficient (Wildman–Crippen LogP) is 0.620. The van der Waals surface area contributed by atoms with E-state index < -0.39 is 0 Å². The van der Waals surface area contributed by atoms with Crippen molar-refractivity contribution < 1.29 is 0 Å². The third-order valence-electron chi connectivity index (χ3n) is 1.60. The van der Waals surface area contributed by atoms with Crippen molar-refractivity contribution in [1.29, 1.82) is 0 Å². The number of imidazole rings is 1.